The first kappa shape index (κ1) is 14.2. The molecular formula is C18H17N3O. The molecule has 1 amide bonds. The third kappa shape index (κ3) is 2.42. The molecule has 0 aromatic heterocycles. The fraction of sp³-hybridized carbons (Fsp3) is 0.222. The molecule has 1 aliphatic heterocycles. The second-order valence-electron chi connectivity index (χ2n) is 5.32. The zero-order chi connectivity index (χ0) is 15.5. The summed E-state index contributed by atoms with van der Waals surface area (Å²) in [5, 5.41) is 12.5. The van der Waals surface area contributed by atoms with Crippen molar-refractivity contribution in [3.63, 3.8) is 0 Å². The number of anilines is 2. The van der Waals surface area contributed by atoms with Crippen molar-refractivity contribution in [1.29, 1.82) is 5.26 Å². The number of hydrogen-bond donors (Lipinski definition) is 1. The summed E-state index contributed by atoms with van der Waals surface area (Å²) in [4.78, 5) is 14.5. The average molecular weight is 291 g/mol. The quantitative estimate of drug-likeness (QED) is 0.944. The van der Waals surface area contributed by atoms with Crippen LogP contribution in [-0.2, 0) is 11.3 Å². The van der Waals surface area contributed by atoms with Gasteiger partial charge >= 0.3 is 0 Å². The number of rotatable bonds is 3. The summed E-state index contributed by atoms with van der Waals surface area (Å²) in [6.45, 7) is 2.41. The lowest BCUT2D eigenvalue weighted by Crippen LogP contribution is -2.46. The Balaban J connectivity index is 2.01. The van der Waals surface area contributed by atoms with Crippen molar-refractivity contribution >= 4 is 17.3 Å². The highest BCUT2D eigenvalue weighted by molar-refractivity contribution is 6.04. The number of carbonyl (C=O) groups is 1. The van der Waals surface area contributed by atoms with Gasteiger partial charge in [-0.25, -0.2) is 0 Å². The molecule has 1 N–H and O–H groups in total. The third-order valence-electron chi connectivity index (χ3n) is 3.96. The largest absolute Gasteiger partial charge is 0.372 e. The van der Waals surface area contributed by atoms with Gasteiger partial charge in [0.05, 0.1) is 29.6 Å². The Morgan fingerprint density at radius 2 is 1.91 bits per heavy atom. The molecule has 1 unspecified atom stereocenters. The Morgan fingerprint density at radius 1 is 1.18 bits per heavy atom. The van der Waals surface area contributed by atoms with E-state index in [-0.39, 0.29) is 11.9 Å². The molecule has 0 saturated heterocycles. The first-order valence-electron chi connectivity index (χ1n) is 7.39. The maximum absolute atomic E-state index is 12.7. The van der Waals surface area contributed by atoms with Crippen molar-refractivity contribution < 1.29 is 4.79 Å². The van der Waals surface area contributed by atoms with Crippen molar-refractivity contribution in [3.05, 3.63) is 59.7 Å². The molecule has 1 aliphatic rings. The molecule has 22 heavy (non-hydrogen) atoms. The lowest BCUT2D eigenvalue weighted by atomic mass is 10.0. The number of nitriles is 1. The van der Waals surface area contributed by atoms with E-state index in [1.807, 2.05) is 49.4 Å². The van der Waals surface area contributed by atoms with Gasteiger partial charge in [0.25, 0.3) is 0 Å². The van der Waals surface area contributed by atoms with E-state index in [4.69, 9.17) is 0 Å². The van der Waals surface area contributed by atoms with Gasteiger partial charge in [-0.1, -0.05) is 37.3 Å². The lowest BCUT2D eigenvalue weighted by molar-refractivity contribution is -0.119. The zero-order valence-electron chi connectivity index (χ0n) is 12.4. The maximum atomic E-state index is 12.7. The number of hydrogen-bond acceptors (Lipinski definition) is 3. The third-order valence-corrected chi connectivity index (χ3v) is 3.96. The maximum Gasteiger partial charge on any atom is 0.249 e. The lowest BCUT2D eigenvalue weighted by Gasteiger charge is -2.35. The molecule has 0 radical (unpaired) electrons. The molecule has 2 aromatic rings. The van der Waals surface area contributed by atoms with Crippen LogP contribution in [0, 0.1) is 11.3 Å². The molecule has 4 heteroatoms. The molecule has 1 heterocycles. The van der Waals surface area contributed by atoms with Gasteiger partial charge in [0.1, 0.15) is 6.04 Å². The summed E-state index contributed by atoms with van der Waals surface area (Å²) in [5.74, 6) is 0.0499. The summed E-state index contributed by atoms with van der Waals surface area (Å²) in [6.07, 6.45) is 0.726. The second-order valence-corrected chi connectivity index (χ2v) is 5.32. The van der Waals surface area contributed by atoms with Crippen LogP contribution in [0.3, 0.4) is 0 Å². The standard InChI is InChI=1S/C18H17N3O/c1-2-15-18(22)21(17-10-6-5-9-16(17)20-15)12-14-8-4-3-7-13(14)11-19/h3-10,15,20H,2,12H2,1H3. The summed E-state index contributed by atoms with van der Waals surface area (Å²) in [5.41, 5.74) is 3.30. The smallest absolute Gasteiger partial charge is 0.249 e. The SMILES string of the molecule is CCC1Nc2ccccc2N(Cc2ccccc2C#N)C1=O. The van der Waals surface area contributed by atoms with Crippen molar-refractivity contribution in [1.82, 2.24) is 0 Å². The van der Waals surface area contributed by atoms with E-state index in [0.717, 1.165) is 23.4 Å². The first-order valence-corrected chi connectivity index (χ1v) is 7.39. The summed E-state index contributed by atoms with van der Waals surface area (Å²) < 4.78 is 0. The Kier molecular flexibility index (Phi) is 3.80. The topological polar surface area (TPSA) is 56.1 Å². The van der Waals surface area contributed by atoms with Crippen molar-refractivity contribution in [2.75, 3.05) is 10.2 Å². The van der Waals surface area contributed by atoms with E-state index < -0.39 is 0 Å². The first-order chi connectivity index (χ1) is 10.7. The van der Waals surface area contributed by atoms with Crippen LogP contribution in [0.25, 0.3) is 0 Å². The van der Waals surface area contributed by atoms with Crippen molar-refractivity contribution in [2.45, 2.75) is 25.9 Å². The molecule has 0 fully saturated rings. The number of amides is 1. The molecule has 0 saturated carbocycles. The normalized spacial score (nSPS) is 16.6. The van der Waals surface area contributed by atoms with Crippen LogP contribution in [0.5, 0.6) is 0 Å². The summed E-state index contributed by atoms with van der Waals surface area (Å²) >= 11 is 0. The average Bonchev–Trinajstić information content (AvgIpc) is 2.57. The minimum atomic E-state index is -0.218. The summed E-state index contributed by atoms with van der Waals surface area (Å²) in [6, 6.07) is 17.2. The van der Waals surface area contributed by atoms with Gasteiger partial charge in [-0.3, -0.25) is 4.79 Å². The van der Waals surface area contributed by atoms with Gasteiger partial charge in [-0.2, -0.15) is 5.26 Å². The zero-order valence-corrected chi connectivity index (χ0v) is 12.4. The molecule has 2 aromatic carbocycles. The highest BCUT2D eigenvalue weighted by Crippen LogP contribution is 2.33. The number of nitrogens with one attached hydrogen (secondary N) is 1. The molecule has 4 nitrogen and oxygen atoms in total. The van der Waals surface area contributed by atoms with E-state index in [9.17, 15) is 10.1 Å². The highest BCUT2D eigenvalue weighted by atomic mass is 16.2. The minimum absolute atomic E-state index is 0.0499. The molecule has 1 atom stereocenters. The van der Waals surface area contributed by atoms with Crippen LogP contribution >= 0.6 is 0 Å². The second kappa shape index (κ2) is 5.90. The highest BCUT2D eigenvalue weighted by Gasteiger charge is 2.31. The van der Waals surface area contributed by atoms with Crippen LogP contribution in [0.4, 0.5) is 11.4 Å². The number of carbonyl (C=O) groups excluding carboxylic acids is 1. The van der Waals surface area contributed by atoms with E-state index in [1.54, 1.807) is 11.0 Å². The Hall–Kier alpha value is -2.80. The summed E-state index contributed by atoms with van der Waals surface area (Å²) in [7, 11) is 0. The number of fused-ring (bicyclic) bond motifs is 1. The van der Waals surface area contributed by atoms with Gasteiger partial charge in [0.15, 0.2) is 0 Å². The number of nitrogens with zero attached hydrogens (tertiary/aromatic N) is 2. The van der Waals surface area contributed by atoms with Gasteiger partial charge in [0, 0.05) is 0 Å². The minimum Gasteiger partial charge on any atom is -0.372 e. The van der Waals surface area contributed by atoms with E-state index >= 15 is 0 Å². The monoisotopic (exact) mass is 291 g/mol. The molecule has 3 rings (SSSR count). The van der Waals surface area contributed by atoms with Gasteiger partial charge in [-0.15, -0.1) is 0 Å². The fourth-order valence-corrected chi connectivity index (χ4v) is 2.76. The number of para-hydroxylation sites is 2. The van der Waals surface area contributed by atoms with Crippen LogP contribution in [-0.4, -0.2) is 11.9 Å². The molecule has 0 bridgehead atoms. The van der Waals surface area contributed by atoms with Crippen LogP contribution in [0.2, 0.25) is 0 Å². The Labute approximate surface area is 130 Å². The van der Waals surface area contributed by atoms with E-state index in [1.165, 1.54) is 0 Å². The predicted octanol–water partition coefficient (Wildman–Crippen LogP) is 3.30. The Bertz CT molecular complexity index is 748. The van der Waals surface area contributed by atoms with Gasteiger partial charge in [-0.05, 0) is 30.2 Å². The van der Waals surface area contributed by atoms with Crippen LogP contribution in [0.15, 0.2) is 48.5 Å². The molecular weight excluding hydrogens is 274 g/mol. The molecule has 0 spiro atoms. The van der Waals surface area contributed by atoms with E-state index in [0.29, 0.717) is 12.1 Å². The fourth-order valence-electron chi connectivity index (χ4n) is 2.76. The van der Waals surface area contributed by atoms with Crippen molar-refractivity contribution in [2.24, 2.45) is 0 Å². The van der Waals surface area contributed by atoms with E-state index in [2.05, 4.69) is 11.4 Å². The van der Waals surface area contributed by atoms with Crippen LogP contribution < -0.4 is 10.2 Å². The van der Waals surface area contributed by atoms with Gasteiger partial charge in [0.2, 0.25) is 5.91 Å². The molecule has 110 valence electrons. The number of benzene rings is 2. The van der Waals surface area contributed by atoms with Crippen molar-refractivity contribution in [3.8, 4) is 6.07 Å². The predicted molar refractivity (Wildman–Crippen MR) is 86.5 cm³/mol. The van der Waals surface area contributed by atoms with Gasteiger partial charge < -0.3 is 10.2 Å². The van der Waals surface area contributed by atoms with Crippen LogP contribution in [0.1, 0.15) is 24.5 Å². The molecule has 0 aliphatic carbocycles. The Morgan fingerprint density at radius 3 is 2.68 bits per heavy atom.